The van der Waals surface area contributed by atoms with Crippen LogP contribution in [0.15, 0.2) is 52.4 Å². The van der Waals surface area contributed by atoms with Gasteiger partial charge in [-0.2, -0.15) is 0 Å². The molecule has 9 heteroatoms. The van der Waals surface area contributed by atoms with Crippen LogP contribution in [0.1, 0.15) is 19.4 Å². The van der Waals surface area contributed by atoms with Gasteiger partial charge in [0.25, 0.3) is 10.0 Å². The van der Waals surface area contributed by atoms with Gasteiger partial charge in [0.05, 0.1) is 10.6 Å². The van der Waals surface area contributed by atoms with Crippen LogP contribution in [0.2, 0.25) is 10.0 Å². The van der Waals surface area contributed by atoms with Crippen LogP contribution in [0.25, 0.3) is 0 Å². The average molecular weight is 446 g/mol. The summed E-state index contributed by atoms with van der Waals surface area (Å²) in [7, 11) is -3.66. The molecular weight excluding hydrogens is 425 g/mol. The van der Waals surface area contributed by atoms with Gasteiger partial charge in [-0.3, -0.25) is 4.99 Å². The Balaban J connectivity index is 2.01. The van der Waals surface area contributed by atoms with Gasteiger partial charge in [-0.15, -0.1) is 3.71 Å². The standard InChI is InChI=1S/C18H21Cl2N3O2S2/c1-13(2)23(27(24,25)17-8-6-15(19)7-9-17)26-22-11-10-21-18-12-16(20)5-4-14(18)3/h4-10,12-13,22H,11H2,1-3H3. The highest BCUT2D eigenvalue weighted by molar-refractivity contribution is 8.07. The zero-order valence-corrected chi connectivity index (χ0v) is 18.3. The Morgan fingerprint density at radius 2 is 1.78 bits per heavy atom. The van der Waals surface area contributed by atoms with Crippen molar-refractivity contribution in [2.24, 2.45) is 4.99 Å². The second-order valence-electron chi connectivity index (χ2n) is 5.99. The number of benzene rings is 2. The van der Waals surface area contributed by atoms with Gasteiger partial charge < -0.3 is 0 Å². The van der Waals surface area contributed by atoms with Gasteiger partial charge in [0.2, 0.25) is 0 Å². The molecule has 0 amide bonds. The summed E-state index contributed by atoms with van der Waals surface area (Å²) < 4.78 is 30.0. The highest BCUT2D eigenvalue weighted by atomic mass is 35.5. The largest absolute Gasteiger partial charge is 0.260 e. The summed E-state index contributed by atoms with van der Waals surface area (Å²) in [6.07, 6.45) is 1.68. The molecule has 0 heterocycles. The van der Waals surface area contributed by atoms with Crippen LogP contribution in [0.4, 0.5) is 5.69 Å². The van der Waals surface area contributed by atoms with Crippen molar-refractivity contribution < 1.29 is 8.42 Å². The summed E-state index contributed by atoms with van der Waals surface area (Å²) in [5, 5.41) is 1.11. The fraction of sp³-hybridized carbons (Fsp3) is 0.278. The summed E-state index contributed by atoms with van der Waals surface area (Å²) >= 11 is 12.8. The lowest BCUT2D eigenvalue weighted by Gasteiger charge is -2.24. The molecule has 0 aliphatic heterocycles. The quantitative estimate of drug-likeness (QED) is 0.342. The second-order valence-corrected chi connectivity index (χ2v) is 9.77. The Morgan fingerprint density at radius 3 is 2.41 bits per heavy atom. The smallest absolute Gasteiger partial charge is 0.253 e. The van der Waals surface area contributed by atoms with Gasteiger partial charge in [-0.25, -0.2) is 13.1 Å². The maximum absolute atomic E-state index is 12.8. The molecule has 2 aromatic rings. The molecule has 0 fully saturated rings. The summed E-state index contributed by atoms with van der Waals surface area (Å²) in [4.78, 5) is 4.56. The molecule has 146 valence electrons. The second kappa shape index (κ2) is 9.91. The van der Waals surface area contributed by atoms with E-state index in [0.717, 1.165) is 23.4 Å². The number of hydrogen-bond donors (Lipinski definition) is 1. The third-order valence-electron chi connectivity index (χ3n) is 3.50. The molecule has 27 heavy (non-hydrogen) atoms. The van der Waals surface area contributed by atoms with Crippen LogP contribution in [0.3, 0.4) is 0 Å². The number of aliphatic imine (C=N–C) groups is 1. The summed E-state index contributed by atoms with van der Waals surface area (Å²) in [6, 6.07) is 11.4. The van der Waals surface area contributed by atoms with Gasteiger partial charge in [-0.05, 0) is 62.7 Å². The summed E-state index contributed by atoms with van der Waals surface area (Å²) in [5.74, 6) is 0. The van der Waals surface area contributed by atoms with Crippen LogP contribution < -0.4 is 4.72 Å². The van der Waals surface area contributed by atoms with Crippen molar-refractivity contribution in [2.75, 3.05) is 6.54 Å². The maximum Gasteiger partial charge on any atom is 0.253 e. The van der Waals surface area contributed by atoms with Crippen LogP contribution in [-0.2, 0) is 10.0 Å². The molecule has 0 radical (unpaired) electrons. The van der Waals surface area contributed by atoms with E-state index in [0.29, 0.717) is 16.6 Å². The molecule has 0 saturated heterocycles. The molecule has 0 unspecified atom stereocenters. The fourth-order valence-corrected chi connectivity index (χ4v) is 4.98. The summed E-state index contributed by atoms with van der Waals surface area (Å²) in [6.45, 7) is 5.96. The van der Waals surface area contributed by atoms with Crippen molar-refractivity contribution in [3.8, 4) is 0 Å². The number of nitrogens with one attached hydrogen (secondary N) is 1. The minimum Gasteiger partial charge on any atom is -0.260 e. The first-order valence-corrected chi connectivity index (χ1v) is 11.2. The van der Waals surface area contributed by atoms with Gasteiger partial charge >= 0.3 is 0 Å². The van der Waals surface area contributed by atoms with Crippen LogP contribution in [0, 0.1) is 6.92 Å². The molecule has 1 N–H and O–H groups in total. The minimum atomic E-state index is -3.66. The van der Waals surface area contributed by atoms with Crippen LogP contribution >= 0.6 is 35.3 Å². The van der Waals surface area contributed by atoms with E-state index in [1.54, 1.807) is 24.4 Å². The number of nitrogens with zero attached hydrogens (tertiary/aromatic N) is 2. The van der Waals surface area contributed by atoms with E-state index < -0.39 is 10.0 Å². The molecule has 5 nitrogen and oxygen atoms in total. The Morgan fingerprint density at radius 1 is 1.15 bits per heavy atom. The third-order valence-corrected chi connectivity index (χ3v) is 7.46. The van der Waals surface area contributed by atoms with E-state index in [4.69, 9.17) is 23.2 Å². The number of sulfonamides is 1. The van der Waals surface area contributed by atoms with E-state index in [9.17, 15) is 8.42 Å². The molecule has 0 bridgehead atoms. The number of aryl methyl sites for hydroxylation is 1. The first kappa shape index (κ1) is 22.2. The lowest BCUT2D eigenvalue weighted by molar-refractivity contribution is 0.500. The Hall–Kier alpha value is -1.09. The third kappa shape index (κ3) is 6.20. The Bertz CT molecular complexity index is 901. The minimum absolute atomic E-state index is 0.193. The van der Waals surface area contributed by atoms with E-state index in [-0.39, 0.29) is 10.9 Å². The molecule has 2 rings (SSSR count). The van der Waals surface area contributed by atoms with Gasteiger partial charge in [0.15, 0.2) is 0 Å². The molecule has 2 aromatic carbocycles. The molecular formula is C18H21Cl2N3O2S2. The number of rotatable bonds is 8. The van der Waals surface area contributed by atoms with Gasteiger partial charge in [0, 0.05) is 41.0 Å². The van der Waals surface area contributed by atoms with Crippen LogP contribution in [-0.4, -0.2) is 30.9 Å². The molecule has 0 atom stereocenters. The highest BCUT2D eigenvalue weighted by Gasteiger charge is 2.27. The Kier molecular flexibility index (Phi) is 8.15. The lowest BCUT2D eigenvalue weighted by atomic mass is 10.2. The van der Waals surface area contributed by atoms with Crippen molar-refractivity contribution in [3.05, 3.63) is 58.1 Å². The molecule has 0 aliphatic carbocycles. The van der Waals surface area contributed by atoms with Gasteiger partial charge in [0.1, 0.15) is 0 Å². The van der Waals surface area contributed by atoms with E-state index in [1.165, 1.54) is 15.8 Å². The number of hydrogen-bond acceptors (Lipinski definition) is 5. The van der Waals surface area contributed by atoms with Crippen LogP contribution in [0.5, 0.6) is 0 Å². The highest BCUT2D eigenvalue weighted by Crippen LogP contribution is 2.25. The van der Waals surface area contributed by atoms with Crippen molar-refractivity contribution >= 4 is 57.3 Å². The summed E-state index contributed by atoms with van der Waals surface area (Å²) in [5.41, 5.74) is 1.79. The van der Waals surface area contributed by atoms with Gasteiger partial charge in [-0.1, -0.05) is 29.3 Å². The number of halogens is 2. The van der Waals surface area contributed by atoms with Crippen molar-refractivity contribution in [1.82, 2.24) is 8.43 Å². The monoisotopic (exact) mass is 445 g/mol. The first-order chi connectivity index (χ1) is 12.7. The molecule has 0 spiro atoms. The fourth-order valence-electron chi connectivity index (χ4n) is 2.15. The zero-order valence-electron chi connectivity index (χ0n) is 15.2. The van der Waals surface area contributed by atoms with Crippen molar-refractivity contribution in [1.29, 1.82) is 0 Å². The topological polar surface area (TPSA) is 61.8 Å². The molecule has 0 saturated carbocycles. The van der Waals surface area contributed by atoms with Crippen molar-refractivity contribution in [2.45, 2.75) is 31.7 Å². The first-order valence-electron chi connectivity index (χ1n) is 8.20. The van der Waals surface area contributed by atoms with Crippen molar-refractivity contribution in [3.63, 3.8) is 0 Å². The lowest BCUT2D eigenvalue weighted by Crippen LogP contribution is -2.34. The maximum atomic E-state index is 12.8. The predicted octanol–water partition coefficient (Wildman–Crippen LogP) is 5.26. The van der Waals surface area contributed by atoms with E-state index in [1.807, 2.05) is 32.9 Å². The normalized spacial score (nSPS) is 12.4. The van der Waals surface area contributed by atoms with E-state index >= 15 is 0 Å². The average Bonchev–Trinajstić information content (AvgIpc) is 2.60. The van der Waals surface area contributed by atoms with E-state index in [2.05, 4.69) is 9.71 Å². The predicted molar refractivity (Wildman–Crippen MR) is 116 cm³/mol. The SMILES string of the molecule is Cc1ccc(Cl)cc1N=CCNSN(C(C)C)S(=O)(=O)c1ccc(Cl)cc1. The zero-order chi connectivity index (χ0) is 20.0. The molecule has 0 aliphatic rings. The Labute approximate surface area is 175 Å². The molecule has 0 aromatic heterocycles.